The Morgan fingerprint density at radius 3 is 2.95 bits per heavy atom. The van der Waals surface area contributed by atoms with E-state index in [4.69, 9.17) is 5.11 Å². The molecule has 20 heavy (non-hydrogen) atoms. The Morgan fingerprint density at radius 1 is 1.30 bits per heavy atom. The number of aryl methyl sites for hydroxylation is 1. The van der Waals surface area contributed by atoms with Gasteiger partial charge in [0, 0.05) is 12.6 Å². The molecule has 0 bridgehead atoms. The predicted molar refractivity (Wildman–Crippen MR) is 76.0 cm³/mol. The molecule has 2 saturated heterocycles. The average molecular weight is 296 g/mol. The maximum absolute atomic E-state index is 10.8. The third-order valence-electron chi connectivity index (χ3n) is 4.31. The summed E-state index contributed by atoms with van der Waals surface area (Å²) >= 11 is 1.27. The van der Waals surface area contributed by atoms with Crippen LogP contribution >= 0.6 is 11.8 Å². The van der Waals surface area contributed by atoms with E-state index in [1.54, 1.807) is 0 Å². The summed E-state index contributed by atoms with van der Waals surface area (Å²) < 4.78 is 2.17. The summed E-state index contributed by atoms with van der Waals surface area (Å²) in [6.07, 6.45) is 4.93. The molecule has 2 atom stereocenters. The van der Waals surface area contributed by atoms with E-state index in [9.17, 15) is 4.79 Å². The maximum atomic E-state index is 10.8. The molecule has 1 N–H and O–H groups in total. The van der Waals surface area contributed by atoms with Gasteiger partial charge < -0.3 is 9.67 Å². The van der Waals surface area contributed by atoms with Crippen molar-refractivity contribution in [2.24, 2.45) is 0 Å². The van der Waals surface area contributed by atoms with Crippen molar-refractivity contribution >= 4 is 17.7 Å². The van der Waals surface area contributed by atoms with Crippen LogP contribution in [0.15, 0.2) is 5.16 Å². The Labute approximate surface area is 122 Å². The van der Waals surface area contributed by atoms with Gasteiger partial charge in [-0.15, -0.1) is 10.2 Å². The zero-order valence-corrected chi connectivity index (χ0v) is 12.5. The molecule has 0 saturated carbocycles. The summed E-state index contributed by atoms with van der Waals surface area (Å²) in [5.74, 6) is 0.127. The molecule has 2 aliphatic heterocycles. The number of piperidine rings is 1. The summed E-state index contributed by atoms with van der Waals surface area (Å²) in [5, 5.41) is 17.9. The Hall–Kier alpha value is -1.08. The van der Waals surface area contributed by atoms with Crippen LogP contribution < -0.4 is 0 Å². The first kappa shape index (κ1) is 13.9. The van der Waals surface area contributed by atoms with E-state index >= 15 is 0 Å². The number of aliphatic carboxylic acids is 1. The summed E-state index contributed by atoms with van der Waals surface area (Å²) in [6.45, 7) is 4.29. The topological polar surface area (TPSA) is 71.2 Å². The highest BCUT2D eigenvalue weighted by Gasteiger charge is 2.38. The Kier molecular flexibility index (Phi) is 3.98. The second-order valence-electron chi connectivity index (χ2n) is 5.54. The van der Waals surface area contributed by atoms with Crippen LogP contribution in [0, 0.1) is 6.92 Å². The molecule has 6 nitrogen and oxygen atoms in total. The van der Waals surface area contributed by atoms with Crippen molar-refractivity contribution in [2.45, 2.75) is 49.8 Å². The van der Waals surface area contributed by atoms with E-state index in [-0.39, 0.29) is 5.75 Å². The van der Waals surface area contributed by atoms with E-state index in [2.05, 4.69) is 19.7 Å². The fraction of sp³-hybridized carbons (Fsp3) is 0.769. The van der Waals surface area contributed by atoms with Crippen molar-refractivity contribution in [3.8, 4) is 0 Å². The highest BCUT2D eigenvalue weighted by Crippen LogP contribution is 2.37. The van der Waals surface area contributed by atoms with Crippen molar-refractivity contribution in [3.63, 3.8) is 0 Å². The van der Waals surface area contributed by atoms with Crippen LogP contribution in [0.2, 0.25) is 0 Å². The normalized spacial score (nSPS) is 26.6. The van der Waals surface area contributed by atoms with Gasteiger partial charge in [0.2, 0.25) is 0 Å². The Bertz CT molecular complexity index is 505. The molecule has 7 heteroatoms. The highest BCUT2D eigenvalue weighted by molar-refractivity contribution is 7.99. The molecule has 1 aromatic heterocycles. The van der Waals surface area contributed by atoms with Crippen molar-refractivity contribution in [1.82, 2.24) is 19.7 Å². The number of fused-ring (bicyclic) bond motifs is 1. The number of aromatic nitrogens is 3. The molecule has 3 rings (SSSR count). The number of carbonyl (C=O) groups is 1. The lowest BCUT2D eigenvalue weighted by Crippen LogP contribution is -2.38. The quantitative estimate of drug-likeness (QED) is 0.850. The molecule has 0 radical (unpaired) electrons. The molecule has 2 unspecified atom stereocenters. The minimum atomic E-state index is -0.812. The number of carboxylic acids is 1. The SMILES string of the molecule is Cc1nnc(SCC(=O)O)n1C1CCN2CCCCC12. The van der Waals surface area contributed by atoms with Crippen LogP contribution in [0.25, 0.3) is 0 Å². The second-order valence-corrected chi connectivity index (χ2v) is 6.48. The lowest BCUT2D eigenvalue weighted by Gasteiger charge is -2.33. The first-order valence-electron chi connectivity index (χ1n) is 7.17. The standard InChI is InChI=1S/C13H20N4O2S/c1-9-14-15-13(20-8-12(18)19)17(9)11-5-7-16-6-3-2-4-10(11)16/h10-11H,2-8H2,1H3,(H,18,19). The molecule has 2 fully saturated rings. The number of carboxylic acid groups (broad SMARTS) is 1. The molecule has 110 valence electrons. The Balaban J connectivity index is 1.82. The molecule has 0 spiro atoms. The molecule has 3 heterocycles. The minimum absolute atomic E-state index is 0.0409. The van der Waals surface area contributed by atoms with Crippen LogP contribution in [0.4, 0.5) is 0 Å². The van der Waals surface area contributed by atoms with E-state index in [0.717, 1.165) is 23.9 Å². The zero-order chi connectivity index (χ0) is 14.1. The molecular formula is C13H20N4O2S. The smallest absolute Gasteiger partial charge is 0.313 e. The first-order valence-corrected chi connectivity index (χ1v) is 8.15. The van der Waals surface area contributed by atoms with Crippen molar-refractivity contribution < 1.29 is 9.90 Å². The second kappa shape index (κ2) is 5.73. The predicted octanol–water partition coefficient (Wildman–Crippen LogP) is 1.56. The van der Waals surface area contributed by atoms with Crippen molar-refractivity contribution in [1.29, 1.82) is 0 Å². The largest absolute Gasteiger partial charge is 0.481 e. The third-order valence-corrected chi connectivity index (χ3v) is 5.24. The van der Waals surface area contributed by atoms with Gasteiger partial charge in [0.15, 0.2) is 5.16 Å². The average Bonchev–Trinajstić information content (AvgIpc) is 3.00. The number of thioether (sulfide) groups is 1. The highest BCUT2D eigenvalue weighted by atomic mass is 32.2. The monoisotopic (exact) mass is 296 g/mol. The third kappa shape index (κ3) is 2.56. The number of hydrogen-bond acceptors (Lipinski definition) is 5. The summed E-state index contributed by atoms with van der Waals surface area (Å²) in [5.41, 5.74) is 0. The van der Waals surface area contributed by atoms with E-state index in [0.29, 0.717) is 12.1 Å². The molecular weight excluding hydrogens is 276 g/mol. The Morgan fingerprint density at radius 2 is 2.15 bits per heavy atom. The molecule has 0 aliphatic carbocycles. The molecule has 2 aliphatic rings. The van der Waals surface area contributed by atoms with Crippen molar-refractivity contribution in [2.75, 3.05) is 18.8 Å². The molecule has 0 amide bonds. The van der Waals surface area contributed by atoms with Crippen LogP contribution in [0.3, 0.4) is 0 Å². The van der Waals surface area contributed by atoms with Crippen molar-refractivity contribution in [3.05, 3.63) is 5.82 Å². The lowest BCUT2D eigenvalue weighted by molar-refractivity contribution is -0.133. The van der Waals surface area contributed by atoms with Gasteiger partial charge in [-0.2, -0.15) is 0 Å². The first-order chi connectivity index (χ1) is 9.66. The fourth-order valence-electron chi connectivity index (χ4n) is 3.48. The zero-order valence-electron chi connectivity index (χ0n) is 11.7. The van der Waals surface area contributed by atoms with Crippen LogP contribution in [-0.2, 0) is 4.79 Å². The van der Waals surface area contributed by atoms with Gasteiger partial charge in [-0.25, -0.2) is 0 Å². The van der Waals surface area contributed by atoms with Crippen LogP contribution in [-0.4, -0.2) is 55.6 Å². The van der Waals surface area contributed by atoms with E-state index < -0.39 is 5.97 Å². The summed E-state index contributed by atoms with van der Waals surface area (Å²) in [6, 6.07) is 0.976. The van der Waals surface area contributed by atoms with E-state index in [1.165, 1.54) is 37.6 Å². The van der Waals surface area contributed by atoms with Gasteiger partial charge in [0.25, 0.3) is 0 Å². The van der Waals surface area contributed by atoms with Gasteiger partial charge >= 0.3 is 5.97 Å². The van der Waals surface area contributed by atoms with Gasteiger partial charge in [0.05, 0.1) is 11.8 Å². The molecule has 1 aromatic rings. The van der Waals surface area contributed by atoms with Gasteiger partial charge in [-0.1, -0.05) is 18.2 Å². The number of rotatable bonds is 4. The van der Waals surface area contributed by atoms with Crippen LogP contribution in [0.1, 0.15) is 37.5 Å². The van der Waals surface area contributed by atoms with Crippen LogP contribution in [0.5, 0.6) is 0 Å². The minimum Gasteiger partial charge on any atom is -0.481 e. The lowest BCUT2D eigenvalue weighted by atomic mass is 9.99. The molecule has 0 aromatic carbocycles. The maximum Gasteiger partial charge on any atom is 0.313 e. The van der Waals surface area contributed by atoms with Gasteiger partial charge in [-0.05, 0) is 32.7 Å². The van der Waals surface area contributed by atoms with Gasteiger partial charge in [0.1, 0.15) is 5.82 Å². The number of hydrogen-bond donors (Lipinski definition) is 1. The summed E-state index contributed by atoms with van der Waals surface area (Å²) in [7, 11) is 0. The van der Waals surface area contributed by atoms with Gasteiger partial charge in [-0.3, -0.25) is 9.69 Å². The summed E-state index contributed by atoms with van der Waals surface area (Å²) in [4.78, 5) is 13.3. The number of nitrogens with zero attached hydrogens (tertiary/aromatic N) is 4. The fourth-order valence-corrected chi connectivity index (χ4v) is 4.24. The van der Waals surface area contributed by atoms with E-state index in [1.807, 2.05) is 6.92 Å².